The molecule has 3 heteroatoms. The molecule has 3 rings (SSSR count). The lowest BCUT2D eigenvalue weighted by molar-refractivity contribution is 0.131. The first-order chi connectivity index (χ1) is 11.8. The van der Waals surface area contributed by atoms with E-state index in [1.165, 1.54) is 44.0 Å². The van der Waals surface area contributed by atoms with Gasteiger partial charge in [0.1, 0.15) is 0 Å². The molecule has 24 heavy (non-hydrogen) atoms. The van der Waals surface area contributed by atoms with Crippen LogP contribution in [0.5, 0.6) is 0 Å². The largest absolute Gasteiger partial charge is 0.381 e. The summed E-state index contributed by atoms with van der Waals surface area (Å²) in [6, 6.07) is 21.8. The van der Waals surface area contributed by atoms with Gasteiger partial charge in [-0.15, -0.1) is 0 Å². The zero-order valence-electron chi connectivity index (χ0n) is 14.7. The van der Waals surface area contributed by atoms with Gasteiger partial charge in [-0.2, -0.15) is 0 Å². The van der Waals surface area contributed by atoms with E-state index in [0.717, 1.165) is 13.0 Å². The SMILES string of the molecule is CC(CN1CCN(CCc2ccccc2)CC1)Nc1ccccc1. The van der Waals surface area contributed by atoms with Crippen LogP contribution in [0.1, 0.15) is 12.5 Å². The third kappa shape index (κ3) is 5.36. The number of hydrogen-bond donors (Lipinski definition) is 1. The van der Waals surface area contributed by atoms with Crippen molar-refractivity contribution < 1.29 is 0 Å². The summed E-state index contributed by atoms with van der Waals surface area (Å²) >= 11 is 0. The highest BCUT2D eigenvalue weighted by Crippen LogP contribution is 2.10. The third-order valence-corrected chi connectivity index (χ3v) is 4.74. The van der Waals surface area contributed by atoms with Crippen LogP contribution in [0, 0.1) is 0 Å². The normalized spacial score (nSPS) is 17.5. The van der Waals surface area contributed by atoms with Gasteiger partial charge in [0, 0.05) is 51.0 Å². The van der Waals surface area contributed by atoms with Crippen LogP contribution >= 0.6 is 0 Å². The minimum atomic E-state index is 0.475. The molecule has 1 aliphatic rings. The molecule has 0 saturated carbocycles. The summed E-state index contributed by atoms with van der Waals surface area (Å²) in [5.41, 5.74) is 2.66. The van der Waals surface area contributed by atoms with Crippen LogP contribution < -0.4 is 5.32 Å². The Balaban J connectivity index is 1.36. The van der Waals surface area contributed by atoms with Crippen LogP contribution in [-0.4, -0.2) is 55.1 Å². The fourth-order valence-electron chi connectivity index (χ4n) is 3.38. The van der Waals surface area contributed by atoms with Crippen LogP contribution in [-0.2, 0) is 6.42 Å². The van der Waals surface area contributed by atoms with Gasteiger partial charge in [0.25, 0.3) is 0 Å². The summed E-state index contributed by atoms with van der Waals surface area (Å²) in [4.78, 5) is 5.18. The predicted molar refractivity (Wildman–Crippen MR) is 103 cm³/mol. The number of hydrogen-bond acceptors (Lipinski definition) is 3. The van der Waals surface area contributed by atoms with Crippen LogP contribution in [0.3, 0.4) is 0 Å². The molecule has 0 amide bonds. The number of nitrogens with one attached hydrogen (secondary N) is 1. The Bertz CT molecular complexity index is 577. The van der Waals surface area contributed by atoms with Crippen LogP contribution in [0.4, 0.5) is 5.69 Å². The van der Waals surface area contributed by atoms with E-state index >= 15 is 0 Å². The van der Waals surface area contributed by atoms with Crippen molar-refractivity contribution in [2.24, 2.45) is 0 Å². The van der Waals surface area contributed by atoms with Crippen LogP contribution in [0.15, 0.2) is 60.7 Å². The Morgan fingerprint density at radius 1 is 0.833 bits per heavy atom. The molecule has 1 fully saturated rings. The fourth-order valence-corrected chi connectivity index (χ4v) is 3.38. The van der Waals surface area contributed by atoms with Gasteiger partial charge in [0.05, 0.1) is 0 Å². The molecule has 0 radical (unpaired) electrons. The molecule has 0 aromatic heterocycles. The summed E-state index contributed by atoms with van der Waals surface area (Å²) in [6.45, 7) is 9.28. The number of piperazine rings is 1. The molecular weight excluding hydrogens is 294 g/mol. The lowest BCUT2D eigenvalue weighted by Crippen LogP contribution is -2.49. The van der Waals surface area contributed by atoms with Gasteiger partial charge in [-0.1, -0.05) is 48.5 Å². The second-order valence-corrected chi connectivity index (χ2v) is 6.79. The molecule has 1 atom stereocenters. The van der Waals surface area contributed by atoms with Crippen molar-refractivity contribution in [2.75, 3.05) is 44.6 Å². The Hall–Kier alpha value is -1.84. The van der Waals surface area contributed by atoms with Gasteiger partial charge in [0.2, 0.25) is 0 Å². The van der Waals surface area contributed by atoms with Crippen LogP contribution in [0.2, 0.25) is 0 Å². The maximum Gasteiger partial charge on any atom is 0.0360 e. The number of rotatable bonds is 7. The Labute approximate surface area is 146 Å². The van der Waals surface area contributed by atoms with Crippen molar-refractivity contribution in [3.8, 4) is 0 Å². The highest BCUT2D eigenvalue weighted by atomic mass is 15.3. The molecule has 2 aromatic carbocycles. The zero-order chi connectivity index (χ0) is 16.6. The molecule has 3 nitrogen and oxygen atoms in total. The minimum absolute atomic E-state index is 0.475. The van der Waals surface area contributed by atoms with Crippen molar-refractivity contribution in [3.05, 3.63) is 66.2 Å². The maximum absolute atomic E-state index is 3.59. The second kappa shape index (κ2) is 8.86. The van der Waals surface area contributed by atoms with E-state index in [2.05, 4.69) is 82.7 Å². The van der Waals surface area contributed by atoms with Gasteiger partial charge in [-0.3, -0.25) is 4.90 Å². The maximum atomic E-state index is 3.59. The van der Waals surface area contributed by atoms with Crippen molar-refractivity contribution in [1.29, 1.82) is 0 Å². The molecule has 0 spiro atoms. The average molecular weight is 323 g/mol. The lowest BCUT2D eigenvalue weighted by atomic mass is 10.1. The first-order valence-corrected chi connectivity index (χ1v) is 9.10. The van der Waals surface area contributed by atoms with Gasteiger partial charge in [0.15, 0.2) is 0 Å². The molecule has 0 bridgehead atoms. The molecule has 0 aliphatic carbocycles. The van der Waals surface area contributed by atoms with Gasteiger partial charge < -0.3 is 10.2 Å². The first-order valence-electron chi connectivity index (χ1n) is 9.10. The fraction of sp³-hybridized carbons (Fsp3) is 0.429. The number of nitrogens with zero attached hydrogens (tertiary/aromatic N) is 2. The monoisotopic (exact) mass is 323 g/mol. The van der Waals surface area contributed by atoms with Gasteiger partial charge >= 0.3 is 0 Å². The summed E-state index contributed by atoms with van der Waals surface area (Å²) in [7, 11) is 0. The van der Waals surface area contributed by atoms with Crippen molar-refractivity contribution in [3.63, 3.8) is 0 Å². The van der Waals surface area contributed by atoms with E-state index in [0.29, 0.717) is 6.04 Å². The highest BCUT2D eigenvalue weighted by molar-refractivity contribution is 5.43. The standard InChI is InChI=1S/C21H29N3/c1-19(22-21-10-6-3-7-11-21)18-24-16-14-23(15-17-24)13-12-20-8-4-2-5-9-20/h2-11,19,22H,12-18H2,1H3. The Morgan fingerprint density at radius 2 is 1.42 bits per heavy atom. The molecule has 2 aromatic rings. The highest BCUT2D eigenvalue weighted by Gasteiger charge is 2.18. The van der Waals surface area contributed by atoms with Crippen molar-refractivity contribution >= 4 is 5.69 Å². The second-order valence-electron chi connectivity index (χ2n) is 6.79. The summed E-state index contributed by atoms with van der Waals surface area (Å²) in [5.74, 6) is 0. The Morgan fingerprint density at radius 3 is 2.08 bits per heavy atom. The van der Waals surface area contributed by atoms with E-state index in [4.69, 9.17) is 0 Å². The van der Waals surface area contributed by atoms with E-state index in [1.54, 1.807) is 0 Å². The van der Waals surface area contributed by atoms with E-state index in [-0.39, 0.29) is 0 Å². The zero-order valence-corrected chi connectivity index (χ0v) is 14.7. The smallest absolute Gasteiger partial charge is 0.0360 e. The van der Waals surface area contributed by atoms with Crippen molar-refractivity contribution in [1.82, 2.24) is 9.80 Å². The van der Waals surface area contributed by atoms with Crippen LogP contribution in [0.25, 0.3) is 0 Å². The quantitative estimate of drug-likeness (QED) is 0.843. The summed E-state index contributed by atoms with van der Waals surface area (Å²) < 4.78 is 0. The Kier molecular flexibility index (Phi) is 6.27. The molecule has 1 aliphatic heterocycles. The van der Waals surface area contributed by atoms with E-state index in [9.17, 15) is 0 Å². The van der Waals surface area contributed by atoms with E-state index < -0.39 is 0 Å². The van der Waals surface area contributed by atoms with E-state index in [1.807, 2.05) is 0 Å². The number of anilines is 1. The summed E-state index contributed by atoms with van der Waals surface area (Å²) in [5, 5.41) is 3.59. The van der Waals surface area contributed by atoms with Crippen molar-refractivity contribution in [2.45, 2.75) is 19.4 Å². The lowest BCUT2D eigenvalue weighted by Gasteiger charge is -2.36. The topological polar surface area (TPSA) is 18.5 Å². The molecule has 128 valence electrons. The average Bonchev–Trinajstić information content (AvgIpc) is 2.63. The molecule has 1 heterocycles. The molecule has 1 unspecified atom stereocenters. The number of para-hydroxylation sites is 1. The summed E-state index contributed by atoms with van der Waals surface area (Å²) in [6.07, 6.45) is 1.16. The minimum Gasteiger partial charge on any atom is -0.381 e. The third-order valence-electron chi connectivity index (χ3n) is 4.74. The van der Waals surface area contributed by atoms with Gasteiger partial charge in [-0.05, 0) is 31.0 Å². The predicted octanol–water partition coefficient (Wildman–Crippen LogP) is 3.35. The van der Waals surface area contributed by atoms with Gasteiger partial charge in [-0.25, -0.2) is 0 Å². The molecule has 1 saturated heterocycles. The molecular formula is C21H29N3. The molecule has 1 N–H and O–H groups in total. The number of benzene rings is 2. The first kappa shape index (κ1) is 17.0.